The molecular weight excluding hydrogens is 226 g/mol. The summed E-state index contributed by atoms with van der Waals surface area (Å²) in [6.07, 6.45) is 1.02. The van der Waals surface area contributed by atoms with E-state index in [-0.39, 0.29) is 0 Å². The highest BCUT2D eigenvalue weighted by Gasteiger charge is 2.16. The minimum atomic E-state index is 0.433. The molecule has 2 rings (SSSR count). The van der Waals surface area contributed by atoms with Crippen LogP contribution in [0.5, 0.6) is 5.75 Å². The van der Waals surface area contributed by atoms with Gasteiger partial charge in [0.1, 0.15) is 11.8 Å². The summed E-state index contributed by atoms with van der Waals surface area (Å²) in [5.41, 5.74) is 0.478. The van der Waals surface area contributed by atoms with E-state index >= 15 is 0 Å². The van der Waals surface area contributed by atoms with Crippen LogP contribution < -0.4 is 4.74 Å². The quantitative estimate of drug-likeness (QED) is 0.812. The zero-order valence-corrected chi connectivity index (χ0v) is 9.54. The average Bonchev–Trinajstić information content (AvgIpc) is 2.80. The van der Waals surface area contributed by atoms with Crippen molar-refractivity contribution < 1.29 is 9.47 Å². The van der Waals surface area contributed by atoms with Crippen molar-refractivity contribution in [2.75, 3.05) is 19.8 Å². The molecule has 0 spiro atoms. The summed E-state index contributed by atoms with van der Waals surface area (Å²) in [4.78, 5) is 0. The van der Waals surface area contributed by atoms with Gasteiger partial charge in [-0.15, -0.1) is 0 Å². The van der Waals surface area contributed by atoms with Crippen molar-refractivity contribution in [1.29, 1.82) is 5.26 Å². The zero-order valence-electron chi connectivity index (χ0n) is 8.78. The van der Waals surface area contributed by atoms with Crippen LogP contribution in [0.25, 0.3) is 0 Å². The lowest BCUT2D eigenvalue weighted by atomic mass is 10.1. The van der Waals surface area contributed by atoms with Gasteiger partial charge in [0.15, 0.2) is 0 Å². The molecule has 0 aliphatic carbocycles. The molecule has 3 nitrogen and oxygen atoms in total. The minimum absolute atomic E-state index is 0.433. The number of rotatable bonds is 3. The molecule has 84 valence electrons. The predicted molar refractivity (Wildman–Crippen MR) is 60.6 cm³/mol. The van der Waals surface area contributed by atoms with Gasteiger partial charge in [-0.3, -0.25) is 0 Å². The molecule has 0 amide bonds. The van der Waals surface area contributed by atoms with Gasteiger partial charge in [0, 0.05) is 17.5 Å². The molecule has 1 aliphatic rings. The van der Waals surface area contributed by atoms with E-state index in [4.69, 9.17) is 26.3 Å². The van der Waals surface area contributed by atoms with Gasteiger partial charge in [-0.05, 0) is 24.6 Å². The van der Waals surface area contributed by atoms with Crippen molar-refractivity contribution in [2.45, 2.75) is 6.42 Å². The SMILES string of the molecule is N#Cc1cc(Cl)ccc1OCC1CCOC1. The van der Waals surface area contributed by atoms with Gasteiger partial charge >= 0.3 is 0 Å². The summed E-state index contributed by atoms with van der Waals surface area (Å²) in [6.45, 7) is 2.14. The number of nitriles is 1. The van der Waals surface area contributed by atoms with Crippen LogP contribution in [0, 0.1) is 17.2 Å². The first-order chi connectivity index (χ1) is 7.79. The molecule has 1 unspecified atom stereocenters. The third-order valence-corrected chi connectivity index (χ3v) is 2.80. The maximum Gasteiger partial charge on any atom is 0.137 e. The first kappa shape index (κ1) is 11.3. The number of nitrogens with zero attached hydrogens (tertiary/aromatic N) is 1. The van der Waals surface area contributed by atoms with Crippen molar-refractivity contribution in [3.63, 3.8) is 0 Å². The Morgan fingerprint density at radius 1 is 1.56 bits per heavy atom. The number of hydrogen-bond acceptors (Lipinski definition) is 3. The monoisotopic (exact) mass is 237 g/mol. The molecule has 1 aromatic carbocycles. The molecular formula is C12H12ClNO2. The van der Waals surface area contributed by atoms with Crippen LogP contribution >= 0.6 is 11.6 Å². The highest BCUT2D eigenvalue weighted by atomic mass is 35.5. The molecule has 1 atom stereocenters. The lowest BCUT2D eigenvalue weighted by Crippen LogP contribution is -2.12. The summed E-state index contributed by atoms with van der Waals surface area (Å²) >= 11 is 5.80. The fourth-order valence-corrected chi connectivity index (χ4v) is 1.81. The van der Waals surface area contributed by atoms with Crippen LogP contribution in [-0.2, 0) is 4.74 Å². The summed E-state index contributed by atoms with van der Waals surface area (Å²) in [5.74, 6) is 1.03. The molecule has 0 bridgehead atoms. The molecule has 0 saturated carbocycles. The summed E-state index contributed by atoms with van der Waals surface area (Å²) < 4.78 is 10.9. The van der Waals surface area contributed by atoms with E-state index in [2.05, 4.69) is 6.07 Å². The van der Waals surface area contributed by atoms with Crippen LogP contribution in [0.4, 0.5) is 0 Å². The molecule has 16 heavy (non-hydrogen) atoms. The van der Waals surface area contributed by atoms with E-state index in [1.165, 1.54) is 0 Å². The van der Waals surface area contributed by atoms with E-state index in [0.29, 0.717) is 28.9 Å². The second-order valence-electron chi connectivity index (χ2n) is 3.79. The Bertz CT molecular complexity index is 408. The molecule has 0 radical (unpaired) electrons. The van der Waals surface area contributed by atoms with Gasteiger partial charge in [-0.1, -0.05) is 11.6 Å². The standard InChI is InChI=1S/C12H12ClNO2/c13-11-1-2-12(10(5-11)6-14)16-8-9-3-4-15-7-9/h1-2,5,9H,3-4,7-8H2. The third-order valence-electron chi connectivity index (χ3n) is 2.56. The Hall–Kier alpha value is -1.24. The van der Waals surface area contributed by atoms with Crippen molar-refractivity contribution >= 4 is 11.6 Å². The topological polar surface area (TPSA) is 42.2 Å². The predicted octanol–water partition coefficient (Wildman–Crippen LogP) is 2.63. The van der Waals surface area contributed by atoms with E-state index < -0.39 is 0 Å². The van der Waals surface area contributed by atoms with Crippen molar-refractivity contribution in [3.05, 3.63) is 28.8 Å². The number of benzene rings is 1. The average molecular weight is 238 g/mol. The maximum absolute atomic E-state index is 8.92. The first-order valence-electron chi connectivity index (χ1n) is 5.20. The fraction of sp³-hybridized carbons (Fsp3) is 0.417. The summed E-state index contributed by atoms with van der Waals surface area (Å²) in [5, 5.41) is 9.47. The molecule has 4 heteroatoms. The molecule has 0 N–H and O–H groups in total. The zero-order chi connectivity index (χ0) is 11.4. The van der Waals surface area contributed by atoms with Crippen LogP contribution in [0.1, 0.15) is 12.0 Å². The number of hydrogen-bond donors (Lipinski definition) is 0. The van der Waals surface area contributed by atoms with Crippen molar-refractivity contribution in [2.24, 2.45) is 5.92 Å². The molecule has 1 aromatic rings. The second-order valence-corrected chi connectivity index (χ2v) is 4.23. The van der Waals surface area contributed by atoms with Gasteiger partial charge in [-0.25, -0.2) is 0 Å². The van der Waals surface area contributed by atoms with Gasteiger partial charge in [0.25, 0.3) is 0 Å². The van der Waals surface area contributed by atoms with Crippen molar-refractivity contribution in [1.82, 2.24) is 0 Å². The van der Waals surface area contributed by atoms with E-state index in [9.17, 15) is 0 Å². The Balaban J connectivity index is 2.00. The minimum Gasteiger partial charge on any atom is -0.492 e. The molecule has 1 heterocycles. The maximum atomic E-state index is 8.92. The first-order valence-corrected chi connectivity index (χ1v) is 5.57. The summed E-state index contributed by atoms with van der Waals surface area (Å²) in [7, 11) is 0. The lowest BCUT2D eigenvalue weighted by molar-refractivity contribution is 0.167. The molecule has 0 aromatic heterocycles. The van der Waals surface area contributed by atoms with Crippen LogP contribution in [-0.4, -0.2) is 19.8 Å². The van der Waals surface area contributed by atoms with Crippen LogP contribution in [0.2, 0.25) is 5.02 Å². The summed E-state index contributed by atoms with van der Waals surface area (Å²) in [6, 6.07) is 7.14. The highest BCUT2D eigenvalue weighted by Crippen LogP contribution is 2.23. The Kier molecular flexibility index (Phi) is 3.66. The van der Waals surface area contributed by atoms with Gasteiger partial charge in [0.2, 0.25) is 0 Å². The number of halogens is 1. The number of ether oxygens (including phenoxy) is 2. The van der Waals surface area contributed by atoms with Gasteiger partial charge in [-0.2, -0.15) is 5.26 Å². The fourth-order valence-electron chi connectivity index (χ4n) is 1.64. The molecule has 1 aliphatic heterocycles. The third kappa shape index (κ3) is 2.66. The second kappa shape index (κ2) is 5.20. The van der Waals surface area contributed by atoms with Crippen LogP contribution in [0.3, 0.4) is 0 Å². The van der Waals surface area contributed by atoms with E-state index in [1.54, 1.807) is 18.2 Å². The van der Waals surface area contributed by atoms with E-state index in [1.807, 2.05) is 0 Å². The Morgan fingerprint density at radius 2 is 2.44 bits per heavy atom. The van der Waals surface area contributed by atoms with Crippen molar-refractivity contribution in [3.8, 4) is 11.8 Å². The van der Waals surface area contributed by atoms with Gasteiger partial charge < -0.3 is 9.47 Å². The molecule has 1 saturated heterocycles. The normalized spacial score (nSPS) is 19.4. The van der Waals surface area contributed by atoms with E-state index in [0.717, 1.165) is 19.6 Å². The lowest BCUT2D eigenvalue weighted by Gasteiger charge is -2.11. The van der Waals surface area contributed by atoms with Crippen LogP contribution in [0.15, 0.2) is 18.2 Å². The largest absolute Gasteiger partial charge is 0.492 e. The van der Waals surface area contributed by atoms with Gasteiger partial charge in [0.05, 0.1) is 18.8 Å². The smallest absolute Gasteiger partial charge is 0.137 e. The molecule has 1 fully saturated rings. The Morgan fingerprint density at radius 3 is 3.12 bits per heavy atom. The highest BCUT2D eigenvalue weighted by molar-refractivity contribution is 6.30. The Labute approximate surface area is 99.5 Å².